The van der Waals surface area contributed by atoms with Crippen LogP contribution in [0.15, 0.2) is 54.6 Å². The van der Waals surface area contributed by atoms with Gasteiger partial charge < -0.3 is 14.8 Å². The molecular weight excluding hydrogens is 350 g/mol. The third kappa shape index (κ3) is 3.42. The molecule has 0 aromatic heterocycles. The second kappa shape index (κ2) is 6.86. The number of carbonyl (C=O) groups is 1. The van der Waals surface area contributed by atoms with E-state index in [0.29, 0.717) is 17.7 Å². The minimum atomic E-state index is -0.353. The van der Waals surface area contributed by atoms with Crippen molar-refractivity contribution in [1.29, 1.82) is 0 Å². The number of fused-ring (bicyclic) bond motifs is 2. The highest BCUT2D eigenvalue weighted by molar-refractivity contribution is 6.01. The number of ether oxygens (including phenoxy) is 2. The van der Waals surface area contributed by atoms with E-state index in [-0.39, 0.29) is 17.6 Å². The van der Waals surface area contributed by atoms with Crippen LogP contribution < -0.4 is 14.8 Å². The maximum absolute atomic E-state index is 13.2. The Balaban J connectivity index is 1.71. The molecule has 3 aromatic carbocycles. The molecule has 0 radical (unpaired) electrons. The first-order valence-corrected chi connectivity index (χ1v) is 9.53. The fraction of sp³-hybridized carbons (Fsp3) is 0.292. The van der Waals surface area contributed by atoms with Crippen LogP contribution in [0.5, 0.6) is 11.5 Å². The lowest BCUT2D eigenvalue weighted by atomic mass is 9.88. The summed E-state index contributed by atoms with van der Waals surface area (Å²) in [5.74, 6) is 1.27. The van der Waals surface area contributed by atoms with Gasteiger partial charge in [0.1, 0.15) is 17.1 Å². The van der Waals surface area contributed by atoms with E-state index >= 15 is 0 Å². The zero-order valence-corrected chi connectivity index (χ0v) is 16.7. The largest absolute Gasteiger partial charge is 0.496 e. The highest BCUT2D eigenvalue weighted by atomic mass is 16.5. The lowest BCUT2D eigenvalue weighted by Crippen LogP contribution is -2.41. The molecule has 0 fully saturated rings. The number of hydrogen-bond donors (Lipinski definition) is 1. The predicted molar refractivity (Wildman–Crippen MR) is 111 cm³/mol. The van der Waals surface area contributed by atoms with Gasteiger partial charge in [-0.15, -0.1) is 0 Å². The quantitative estimate of drug-likeness (QED) is 0.685. The Kier molecular flexibility index (Phi) is 4.50. The van der Waals surface area contributed by atoms with Crippen LogP contribution in [0, 0.1) is 6.92 Å². The molecule has 1 heterocycles. The molecule has 144 valence electrons. The lowest BCUT2D eigenvalue weighted by Gasteiger charge is -2.38. The number of amides is 1. The van der Waals surface area contributed by atoms with Gasteiger partial charge in [0.25, 0.3) is 5.91 Å². The summed E-state index contributed by atoms with van der Waals surface area (Å²) in [5.41, 5.74) is 2.35. The SMILES string of the molecule is COc1cc2ccccc2cc1C(=O)N[C@H]1CC(C)(C)Oc2ccc(C)cc21. The first-order valence-electron chi connectivity index (χ1n) is 9.53. The molecule has 4 rings (SSSR count). The fourth-order valence-electron chi connectivity index (χ4n) is 3.90. The minimum Gasteiger partial charge on any atom is -0.496 e. The first-order chi connectivity index (χ1) is 13.4. The van der Waals surface area contributed by atoms with E-state index < -0.39 is 0 Å². The number of carbonyl (C=O) groups excluding carboxylic acids is 1. The van der Waals surface area contributed by atoms with Gasteiger partial charge in [-0.05, 0) is 49.7 Å². The van der Waals surface area contributed by atoms with Crippen LogP contribution >= 0.6 is 0 Å². The van der Waals surface area contributed by atoms with E-state index in [1.165, 1.54) is 0 Å². The molecule has 1 N–H and O–H groups in total. The molecule has 0 unspecified atom stereocenters. The minimum absolute atomic E-state index is 0.123. The highest BCUT2D eigenvalue weighted by Gasteiger charge is 2.35. The van der Waals surface area contributed by atoms with Crippen molar-refractivity contribution in [1.82, 2.24) is 5.32 Å². The Bertz CT molecular complexity index is 1050. The molecule has 0 bridgehead atoms. The van der Waals surface area contributed by atoms with Gasteiger partial charge in [0, 0.05) is 12.0 Å². The van der Waals surface area contributed by atoms with Gasteiger partial charge in [-0.25, -0.2) is 0 Å². The monoisotopic (exact) mass is 375 g/mol. The third-order valence-corrected chi connectivity index (χ3v) is 5.24. The molecule has 0 aliphatic carbocycles. The van der Waals surface area contributed by atoms with Crippen molar-refractivity contribution in [2.24, 2.45) is 0 Å². The van der Waals surface area contributed by atoms with Gasteiger partial charge in [-0.3, -0.25) is 4.79 Å². The summed E-state index contributed by atoms with van der Waals surface area (Å²) in [7, 11) is 1.59. The van der Waals surface area contributed by atoms with Crippen molar-refractivity contribution in [3.8, 4) is 11.5 Å². The standard InChI is InChI=1S/C24H25NO3/c1-15-9-10-21-18(11-15)20(14-24(2,3)28-21)25-23(26)19-12-16-7-5-6-8-17(16)13-22(19)27-4/h5-13,20H,14H2,1-4H3,(H,25,26)/t20-/m0/s1. The highest BCUT2D eigenvalue weighted by Crippen LogP contribution is 2.40. The Hall–Kier alpha value is -3.01. The van der Waals surface area contributed by atoms with Gasteiger partial charge in [-0.2, -0.15) is 0 Å². The molecule has 0 saturated heterocycles. The number of methoxy groups -OCH3 is 1. The normalized spacial score (nSPS) is 17.5. The van der Waals surface area contributed by atoms with E-state index in [0.717, 1.165) is 27.6 Å². The molecule has 1 atom stereocenters. The third-order valence-electron chi connectivity index (χ3n) is 5.24. The molecular formula is C24H25NO3. The molecule has 1 aliphatic heterocycles. The summed E-state index contributed by atoms with van der Waals surface area (Å²) in [4.78, 5) is 13.2. The average Bonchev–Trinajstić information content (AvgIpc) is 2.66. The van der Waals surface area contributed by atoms with Crippen LogP contribution in [0.4, 0.5) is 0 Å². The Morgan fingerprint density at radius 3 is 2.54 bits per heavy atom. The van der Waals surface area contributed by atoms with Crippen molar-refractivity contribution in [2.45, 2.75) is 38.8 Å². The molecule has 1 aliphatic rings. The summed E-state index contributed by atoms with van der Waals surface area (Å²) < 4.78 is 11.6. The molecule has 4 nitrogen and oxygen atoms in total. The van der Waals surface area contributed by atoms with Gasteiger partial charge >= 0.3 is 0 Å². The van der Waals surface area contributed by atoms with Gasteiger partial charge in [0.05, 0.1) is 18.7 Å². The Labute approximate surface area is 165 Å². The van der Waals surface area contributed by atoms with E-state index in [9.17, 15) is 4.79 Å². The van der Waals surface area contributed by atoms with Crippen LogP contribution in [0.1, 0.15) is 47.8 Å². The van der Waals surface area contributed by atoms with Crippen LogP contribution in [0.3, 0.4) is 0 Å². The van der Waals surface area contributed by atoms with E-state index in [1.54, 1.807) is 7.11 Å². The van der Waals surface area contributed by atoms with Gasteiger partial charge in [0.15, 0.2) is 0 Å². The summed E-state index contributed by atoms with van der Waals surface area (Å²) in [6.07, 6.45) is 0.699. The van der Waals surface area contributed by atoms with Crippen LogP contribution in [0.25, 0.3) is 10.8 Å². The number of nitrogens with one attached hydrogen (secondary N) is 1. The first kappa shape index (κ1) is 18.4. The predicted octanol–water partition coefficient (Wildman–Crippen LogP) is 5.19. The number of rotatable bonds is 3. The van der Waals surface area contributed by atoms with E-state index in [1.807, 2.05) is 69.3 Å². The molecule has 3 aromatic rings. The average molecular weight is 375 g/mol. The topological polar surface area (TPSA) is 47.6 Å². The summed E-state index contributed by atoms with van der Waals surface area (Å²) >= 11 is 0. The lowest BCUT2D eigenvalue weighted by molar-refractivity contribution is 0.0618. The number of aryl methyl sites for hydroxylation is 1. The molecule has 1 amide bonds. The second-order valence-corrected chi connectivity index (χ2v) is 8.03. The Morgan fingerprint density at radius 1 is 1.11 bits per heavy atom. The molecule has 4 heteroatoms. The van der Waals surface area contributed by atoms with E-state index in [2.05, 4.69) is 11.4 Å². The summed E-state index contributed by atoms with van der Waals surface area (Å²) in [5, 5.41) is 5.27. The zero-order chi connectivity index (χ0) is 19.9. The maximum Gasteiger partial charge on any atom is 0.255 e. The zero-order valence-electron chi connectivity index (χ0n) is 16.7. The van der Waals surface area contributed by atoms with Gasteiger partial charge in [0.2, 0.25) is 0 Å². The summed E-state index contributed by atoms with van der Waals surface area (Å²) in [6, 6.07) is 17.8. The smallest absolute Gasteiger partial charge is 0.255 e. The molecule has 28 heavy (non-hydrogen) atoms. The van der Waals surface area contributed by atoms with Crippen LogP contribution in [-0.2, 0) is 0 Å². The van der Waals surface area contributed by atoms with Crippen LogP contribution in [-0.4, -0.2) is 18.6 Å². The van der Waals surface area contributed by atoms with Crippen LogP contribution in [0.2, 0.25) is 0 Å². The van der Waals surface area contributed by atoms with Crippen molar-refractivity contribution in [3.63, 3.8) is 0 Å². The summed E-state index contributed by atoms with van der Waals surface area (Å²) in [6.45, 7) is 6.14. The van der Waals surface area contributed by atoms with Gasteiger partial charge in [-0.1, -0.05) is 42.0 Å². The van der Waals surface area contributed by atoms with Crippen molar-refractivity contribution < 1.29 is 14.3 Å². The fourth-order valence-corrected chi connectivity index (χ4v) is 3.90. The second-order valence-electron chi connectivity index (χ2n) is 8.03. The van der Waals surface area contributed by atoms with Crippen molar-refractivity contribution >= 4 is 16.7 Å². The molecule has 0 spiro atoms. The van der Waals surface area contributed by atoms with E-state index in [4.69, 9.17) is 9.47 Å². The number of benzene rings is 3. The van der Waals surface area contributed by atoms with Crippen molar-refractivity contribution in [3.05, 3.63) is 71.3 Å². The Morgan fingerprint density at radius 2 is 1.82 bits per heavy atom. The van der Waals surface area contributed by atoms with Crippen molar-refractivity contribution in [2.75, 3.05) is 7.11 Å². The maximum atomic E-state index is 13.2. The molecule has 0 saturated carbocycles. The number of hydrogen-bond acceptors (Lipinski definition) is 3.